The predicted molar refractivity (Wildman–Crippen MR) is 90.8 cm³/mol. The van der Waals surface area contributed by atoms with Crippen LogP contribution in [0.2, 0.25) is 0 Å². The topological polar surface area (TPSA) is 269 Å². The second kappa shape index (κ2) is 10.7. The number of rotatable bonds is 11. The van der Waals surface area contributed by atoms with Crippen molar-refractivity contribution in [2.75, 3.05) is 26.8 Å². The lowest BCUT2D eigenvalue weighted by molar-refractivity contribution is -0.0196. The Kier molecular flexibility index (Phi) is 9.80. The molecule has 1 aliphatic heterocycles. The summed E-state index contributed by atoms with van der Waals surface area (Å²) in [5, 5.41) is 12.3. The van der Waals surface area contributed by atoms with Gasteiger partial charge in [-0.05, 0) is 0 Å². The van der Waals surface area contributed by atoms with Crippen molar-refractivity contribution in [3.05, 3.63) is 0 Å². The third kappa shape index (κ3) is 9.04. The van der Waals surface area contributed by atoms with Gasteiger partial charge in [0.15, 0.2) is 6.10 Å². The molecule has 1 fully saturated rings. The average Bonchev–Trinajstić information content (AvgIpc) is 2.84. The number of amides is 1. The minimum absolute atomic E-state index is 0.0858. The molecule has 0 bridgehead atoms. The van der Waals surface area contributed by atoms with Crippen molar-refractivity contribution >= 4 is 29.6 Å². The van der Waals surface area contributed by atoms with Gasteiger partial charge in [0.1, 0.15) is 18.4 Å². The quantitative estimate of drug-likeness (QED) is 0.156. The van der Waals surface area contributed by atoms with E-state index in [4.69, 9.17) is 25.8 Å². The van der Waals surface area contributed by atoms with E-state index in [0.29, 0.717) is 7.11 Å². The third-order valence-electron chi connectivity index (χ3n) is 3.08. The van der Waals surface area contributed by atoms with E-state index in [1.54, 1.807) is 0 Å². The SMILES string of the molecule is COP(=O)(O)OP(=O)(O)OP(=O)(O)OC[C@H]1O[C@@H](N)[C@@H](OC(=O)NCCN)[C@H]1O. The van der Waals surface area contributed by atoms with Crippen molar-refractivity contribution in [1.29, 1.82) is 0 Å². The highest BCUT2D eigenvalue weighted by Gasteiger charge is 2.47. The minimum Gasteiger partial charge on any atom is -0.439 e. The second-order valence-electron chi connectivity index (χ2n) is 5.26. The fourth-order valence-corrected chi connectivity index (χ4v) is 5.14. The first-order chi connectivity index (χ1) is 13.2. The normalized spacial score (nSPS) is 30.7. The number of aliphatic hydroxyl groups is 1. The molecule has 1 aliphatic rings. The van der Waals surface area contributed by atoms with E-state index in [9.17, 15) is 33.4 Å². The van der Waals surface area contributed by atoms with E-state index in [1.807, 2.05) is 0 Å². The molecule has 172 valence electrons. The molecule has 0 aromatic rings. The number of hydrogen-bond acceptors (Lipinski definition) is 13. The number of carbonyl (C=O) groups excluding carboxylic acids is 1. The van der Waals surface area contributed by atoms with E-state index >= 15 is 0 Å². The molecule has 0 aromatic carbocycles. The summed E-state index contributed by atoms with van der Waals surface area (Å²) in [6.45, 7) is -0.710. The van der Waals surface area contributed by atoms with Gasteiger partial charge in [-0.3, -0.25) is 9.05 Å². The van der Waals surface area contributed by atoms with Gasteiger partial charge < -0.3 is 46.0 Å². The summed E-state index contributed by atoms with van der Waals surface area (Å²) < 4.78 is 60.0. The zero-order valence-corrected chi connectivity index (χ0v) is 17.5. The van der Waals surface area contributed by atoms with Gasteiger partial charge in [0.25, 0.3) is 0 Å². The van der Waals surface area contributed by atoms with Gasteiger partial charge in [0.05, 0.1) is 6.61 Å². The smallest absolute Gasteiger partial charge is 0.439 e. The van der Waals surface area contributed by atoms with Crippen LogP contribution in [-0.2, 0) is 40.8 Å². The summed E-state index contributed by atoms with van der Waals surface area (Å²) in [4.78, 5) is 39.1. The van der Waals surface area contributed by atoms with Crippen LogP contribution < -0.4 is 16.8 Å². The van der Waals surface area contributed by atoms with Gasteiger partial charge >= 0.3 is 29.6 Å². The fraction of sp³-hybridized carbons (Fsp3) is 0.889. The summed E-state index contributed by atoms with van der Waals surface area (Å²) in [5.41, 5.74) is 10.8. The number of ether oxygens (including phenoxy) is 2. The maximum Gasteiger partial charge on any atom is 0.490 e. The molecule has 0 aromatic heterocycles. The lowest BCUT2D eigenvalue weighted by atomic mass is 10.1. The van der Waals surface area contributed by atoms with Crippen LogP contribution in [0, 0.1) is 0 Å². The van der Waals surface area contributed by atoms with Crippen LogP contribution in [0.4, 0.5) is 4.79 Å². The third-order valence-corrected chi connectivity index (χ3v) is 7.31. The first-order valence-corrected chi connectivity index (χ1v) is 12.1. The molecule has 1 rings (SSSR count). The predicted octanol–water partition coefficient (Wildman–Crippen LogP) is -1.92. The highest BCUT2D eigenvalue weighted by Crippen LogP contribution is 2.67. The molecule has 0 aliphatic carbocycles. The Morgan fingerprint density at radius 1 is 1.14 bits per heavy atom. The number of nitrogens with one attached hydrogen (secondary N) is 1. The van der Waals surface area contributed by atoms with Gasteiger partial charge in [0, 0.05) is 20.2 Å². The number of hydrogen-bond donors (Lipinski definition) is 7. The molecule has 1 saturated heterocycles. The van der Waals surface area contributed by atoms with Crippen molar-refractivity contribution in [2.45, 2.75) is 24.5 Å². The molecule has 7 atom stereocenters. The monoisotopic (exact) mass is 489 g/mol. The molecule has 17 nitrogen and oxygen atoms in total. The number of alkyl carbamates (subject to hydrolysis) is 1. The maximum absolute atomic E-state index is 11.7. The molecule has 9 N–H and O–H groups in total. The number of phosphoric acid groups is 3. The van der Waals surface area contributed by atoms with Crippen LogP contribution in [0.25, 0.3) is 0 Å². The zero-order chi connectivity index (χ0) is 22.5. The lowest BCUT2D eigenvalue weighted by Gasteiger charge is -2.20. The second-order valence-corrected chi connectivity index (χ2v) is 10.0. The number of carbonyl (C=O) groups is 1. The standard InChI is InChI=1S/C9H22N3O14P3/c1-21-27(15,16)25-29(19,20)26-28(17,18)22-4-5-6(13)7(8(11)23-5)24-9(14)12-3-2-10/h5-8,13H,2-4,10-11H2,1H3,(H,12,14)(H,15,16)(H,17,18)(H,19,20)/t5-,6+,7+,8-/m1/s1. The van der Waals surface area contributed by atoms with E-state index in [1.165, 1.54) is 0 Å². The van der Waals surface area contributed by atoms with Crippen LogP contribution in [0.15, 0.2) is 0 Å². The van der Waals surface area contributed by atoms with Crippen molar-refractivity contribution in [1.82, 2.24) is 5.32 Å². The Morgan fingerprint density at radius 3 is 2.28 bits per heavy atom. The molecule has 1 amide bonds. The van der Waals surface area contributed by atoms with Crippen LogP contribution in [0.1, 0.15) is 0 Å². The van der Waals surface area contributed by atoms with Crippen LogP contribution in [0.5, 0.6) is 0 Å². The molecule has 20 heteroatoms. The molecule has 0 spiro atoms. The number of nitrogens with two attached hydrogens (primary N) is 2. The summed E-state index contributed by atoms with van der Waals surface area (Å²) in [6.07, 6.45) is -6.70. The first kappa shape index (κ1) is 26.6. The summed E-state index contributed by atoms with van der Waals surface area (Å²) >= 11 is 0. The van der Waals surface area contributed by atoms with E-state index in [0.717, 1.165) is 0 Å². The highest BCUT2D eigenvalue weighted by atomic mass is 31.3. The Labute approximate surface area is 164 Å². The van der Waals surface area contributed by atoms with Crippen molar-refractivity contribution in [3.63, 3.8) is 0 Å². The molecule has 0 radical (unpaired) electrons. The molecule has 1 heterocycles. The Morgan fingerprint density at radius 2 is 1.72 bits per heavy atom. The summed E-state index contributed by atoms with van der Waals surface area (Å²) in [7, 11) is -15.3. The number of aliphatic hydroxyl groups excluding tert-OH is 1. The van der Waals surface area contributed by atoms with Crippen molar-refractivity contribution < 1.29 is 65.4 Å². The zero-order valence-electron chi connectivity index (χ0n) is 14.8. The van der Waals surface area contributed by atoms with Gasteiger partial charge in [-0.25, -0.2) is 18.5 Å². The Bertz CT molecular complexity index is 707. The van der Waals surface area contributed by atoms with Crippen molar-refractivity contribution in [2.24, 2.45) is 11.5 Å². The molecule has 29 heavy (non-hydrogen) atoms. The summed E-state index contributed by atoms with van der Waals surface area (Å²) in [6, 6.07) is 0. The van der Waals surface area contributed by atoms with E-state index in [2.05, 4.69) is 23.0 Å². The van der Waals surface area contributed by atoms with Gasteiger partial charge in [-0.1, -0.05) is 0 Å². The van der Waals surface area contributed by atoms with Crippen molar-refractivity contribution in [3.8, 4) is 0 Å². The van der Waals surface area contributed by atoms with E-state index < -0.39 is 60.7 Å². The van der Waals surface area contributed by atoms with Crippen LogP contribution >= 0.6 is 23.5 Å². The van der Waals surface area contributed by atoms with Gasteiger partial charge in [0.2, 0.25) is 0 Å². The Balaban J connectivity index is 2.63. The Hall–Kier alpha value is -0.480. The lowest BCUT2D eigenvalue weighted by Crippen LogP contribution is -2.44. The van der Waals surface area contributed by atoms with E-state index in [-0.39, 0.29) is 13.1 Å². The maximum atomic E-state index is 11.7. The highest BCUT2D eigenvalue weighted by molar-refractivity contribution is 7.66. The molecule has 3 unspecified atom stereocenters. The largest absolute Gasteiger partial charge is 0.490 e. The first-order valence-electron chi connectivity index (χ1n) is 7.57. The fourth-order valence-electron chi connectivity index (χ4n) is 1.88. The van der Waals surface area contributed by atoms with Crippen LogP contribution in [0.3, 0.4) is 0 Å². The van der Waals surface area contributed by atoms with Gasteiger partial charge in [-0.2, -0.15) is 8.62 Å². The minimum atomic E-state index is -5.57. The average molecular weight is 489 g/mol. The number of phosphoric ester groups is 2. The van der Waals surface area contributed by atoms with Crippen LogP contribution in [-0.4, -0.2) is 77.2 Å². The molecule has 0 saturated carbocycles. The summed E-state index contributed by atoms with van der Waals surface area (Å²) in [5.74, 6) is 0. The molecular weight excluding hydrogens is 467 g/mol. The molecular formula is C9H22N3O14P3. The van der Waals surface area contributed by atoms with Gasteiger partial charge in [-0.15, -0.1) is 0 Å².